The Morgan fingerprint density at radius 1 is 1.17 bits per heavy atom. The van der Waals surface area contributed by atoms with Gasteiger partial charge in [-0.3, -0.25) is 4.90 Å². The van der Waals surface area contributed by atoms with E-state index in [-0.39, 0.29) is 11.6 Å². The fourth-order valence-electron chi connectivity index (χ4n) is 4.23. The molecule has 0 aromatic heterocycles. The van der Waals surface area contributed by atoms with Gasteiger partial charge in [0.2, 0.25) is 0 Å². The van der Waals surface area contributed by atoms with Crippen molar-refractivity contribution in [1.82, 2.24) is 9.80 Å². The highest BCUT2D eigenvalue weighted by molar-refractivity contribution is 5.68. The lowest BCUT2D eigenvalue weighted by Gasteiger charge is -2.45. The minimum Gasteiger partial charge on any atom is -0.444 e. The molecule has 2 heterocycles. The molecule has 30 heavy (non-hydrogen) atoms. The van der Waals surface area contributed by atoms with Crippen LogP contribution in [0.5, 0.6) is 0 Å². The highest BCUT2D eigenvalue weighted by atomic mass is 16.6. The number of ether oxygens (including phenoxy) is 2. The Balaban J connectivity index is 1.65. The van der Waals surface area contributed by atoms with Crippen LogP contribution < -0.4 is 4.90 Å². The number of benzene rings is 1. The summed E-state index contributed by atoms with van der Waals surface area (Å²) in [5, 5.41) is 0. The molecule has 0 bridgehead atoms. The molecular formula is C24H39N3O3. The number of nitrogens with zero attached hydrogens (tertiary/aromatic N) is 3. The summed E-state index contributed by atoms with van der Waals surface area (Å²) in [5.74, 6) is 0. The number of carbonyl (C=O) groups is 1. The van der Waals surface area contributed by atoms with Crippen LogP contribution in [-0.4, -0.2) is 73.5 Å². The van der Waals surface area contributed by atoms with Crippen LogP contribution in [-0.2, 0) is 16.0 Å². The van der Waals surface area contributed by atoms with E-state index in [1.54, 1.807) is 0 Å². The maximum Gasteiger partial charge on any atom is 0.410 e. The zero-order chi connectivity index (χ0) is 21.9. The van der Waals surface area contributed by atoms with E-state index < -0.39 is 5.60 Å². The summed E-state index contributed by atoms with van der Waals surface area (Å²) in [7, 11) is 2.21. The van der Waals surface area contributed by atoms with Crippen molar-refractivity contribution in [3.05, 3.63) is 29.3 Å². The molecule has 0 radical (unpaired) electrons. The first-order valence-electron chi connectivity index (χ1n) is 11.2. The van der Waals surface area contributed by atoms with Crippen LogP contribution in [0.4, 0.5) is 10.5 Å². The number of morpholine rings is 1. The molecule has 2 saturated heterocycles. The van der Waals surface area contributed by atoms with Crippen molar-refractivity contribution >= 4 is 11.8 Å². The van der Waals surface area contributed by atoms with Gasteiger partial charge in [0.15, 0.2) is 0 Å². The van der Waals surface area contributed by atoms with Crippen molar-refractivity contribution in [2.45, 2.75) is 65.1 Å². The van der Waals surface area contributed by atoms with Gasteiger partial charge in [-0.05, 0) is 71.7 Å². The van der Waals surface area contributed by atoms with Crippen LogP contribution in [0.15, 0.2) is 18.2 Å². The van der Waals surface area contributed by atoms with E-state index >= 15 is 0 Å². The largest absolute Gasteiger partial charge is 0.444 e. The monoisotopic (exact) mass is 417 g/mol. The highest BCUT2D eigenvalue weighted by Gasteiger charge is 2.36. The first-order chi connectivity index (χ1) is 14.1. The summed E-state index contributed by atoms with van der Waals surface area (Å²) in [4.78, 5) is 19.2. The molecule has 2 aliphatic rings. The Morgan fingerprint density at radius 2 is 1.80 bits per heavy atom. The molecule has 0 unspecified atom stereocenters. The van der Waals surface area contributed by atoms with Crippen molar-refractivity contribution in [2.75, 3.05) is 51.3 Å². The quantitative estimate of drug-likeness (QED) is 0.739. The summed E-state index contributed by atoms with van der Waals surface area (Å²) in [6.07, 6.45) is 1.70. The molecule has 1 aromatic carbocycles. The summed E-state index contributed by atoms with van der Waals surface area (Å²) < 4.78 is 11.1. The number of amides is 1. The Kier molecular flexibility index (Phi) is 6.98. The van der Waals surface area contributed by atoms with Crippen molar-refractivity contribution in [2.24, 2.45) is 0 Å². The Morgan fingerprint density at radius 3 is 2.40 bits per heavy atom. The van der Waals surface area contributed by atoms with Crippen molar-refractivity contribution in [3.8, 4) is 0 Å². The van der Waals surface area contributed by atoms with Gasteiger partial charge in [-0.1, -0.05) is 12.1 Å². The van der Waals surface area contributed by atoms with E-state index in [2.05, 4.69) is 48.9 Å². The van der Waals surface area contributed by atoms with Crippen LogP contribution in [0.1, 0.15) is 51.7 Å². The van der Waals surface area contributed by atoms with Gasteiger partial charge < -0.3 is 19.3 Å². The van der Waals surface area contributed by atoms with Gasteiger partial charge in [-0.15, -0.1) is 0 Å². The predicted molar refractivity (Wildman–Crippen MR) is 121 cm³/mol. The van der Waals surface area contributed by atoms with E-state index in [1.807, 2.05) is 25.7 Å². The third-order valence-electron chi connectivity index (χ3n) is 6.41. The Labute approximate surface area is 182 Å². The van der Waals surface area contributed by atoms with E-state index in [0.29, 0.717) is 0 Å². The van der Waals surface area contributed by atoms with E-state index in [0.717, 1.165) is 58.8 Å². The second-order valence-corrected chi connectivity index (χ2v) is 10.1. The van der Waals surface area contributed by atoms with Crippen LogP contribution in [0.2, 0.25) is 0 Å². The summed E-state index contributed by atoms with van der Waals surface area (Å²) in [6.45, 7) is 16.1. The lowest BCUT2D eigenvalue weighted by atomic mass is 9.87. The van der Waals surface area contributed by atoms with E-state index in [1.165, 1.54) is 16.8 Å². The third kappa shape index (κ3) is 5.67. The molecule has 1 amide bonds. The lowest BCUT2D eigenvalue weighted by Crippen LogP contribution is -2.53. The van der Waals surface area contributed by atoms with Gasteiger partial charge in [-0.2, -0.15) is 0 Å². The molecule has 6 heteroatoms. The number of hydrogen-bond donors (Lipinski definition) is 0. The van der Waals surface area contributed by atoms with Crippen molar-refractivity contribution < 1.29 is 14.3 Å². The molecule has 0 atom stereocenters. The van der Waals surface area contributed by atoms with Crippen LogP contribution in [0, 0.1) is 6.92 Å². The second kappa shape index (κ2) is 9.15. The number of likely N-dealkylation sites (tertiary alicyclic amines) is 1. The molecule has 2 aliphatic heterocycles. The number of anilines is 1. The van der Waals surface area contributed by atoms with Crippen LogP contribution >= 0.6 is 0 Å². The van der Waals surface area contributed by atoms with Gasteiger partial charge in [0.25, 0.3) is 0 Å². The van der Waals surface area contributed by atoms with Gasteiger partial charge >= 0.3 is 6.09 Å². The average Bonchev–Trinajstić information content (AvgIpc) is 2.69. The van der Waals surface area contributed by atoms with Gasteiger partial charge in [0, 0.05) is 44.0 Å². The minimum atomic E-state index is -0.448. The second-order valence-electron chi connectivity index (χ2n) is 10.1. The summed E-state index contributed by atoms with van der Waals surface area (Å²) >= 11 is 0. The molecular weight excluding hydrogens is 378 g/mol. The standard InChI is InChI=1S/C24H39N3O3/c1-19-7-8-20(21(17-19)26-13-15-29-16-14-26)18-25(6)24(5)9-11-27(12-10-24)22(28)30-23(2,3)4/h7-8,17H,9-16,18H2,1-6H3. The maximum absolute atomic E-state index is 12.4. The third-order valence-corrected chi connectivity index (χ3v) is 6.41. The van der Waals surface area contributed by atoms with Crippen molar-refractivity contribution in [1.29, 1.82) is 0 Å². The zero-order valence-electron chi connectivity index (χ0n) is 19.7. The fraction of sp³-hybridized carbons (Fsp3) is 0.708. The first-order valence-corrected chi connectivity index (χ1v) is 11.2. The van der Waals surface area contributed by atoms with E-state index in [4.69, 9.17) is 9.47 Å². The van der Waals surface area contributed by atoms with Gasteiger partial charge in [-0.25, -0.2) is 4.79 Å². The van der Waals surface area contributed by atoms with Gasteiger partial charge in [0.05, 0.1) is 13.2 Å². The topological polar surface area (TPSA) is 45.2 Å². The molecule has 1 aromatic rings. The van der Waals surface area contributed by atoms with Crippen LogP contribution in [0.3, 0.4) is 0 Å². The normalized spacial score (nSPS) is 19.8. The fourth-order valence-corrected chi connectivity index (χ4v) is 4.23. The minimum absolute atomic E-state index is 0.0612. The maximum atomic E-state index is 12.4. The molecule has 168 valence electrons. The Hall–Kier alpha value is -1.79. The molecule has 0 N–H and O–H groups in total. The number of aryl methyl sites for hydroxylation is 1. The van der Waals surface area contributed by atoms with Gasteiger partial charge in [0.1, 0.15) is 5.60 Å². The first kappa shape index (κ1) is 22.9. The van der Waals surface area contributed by atoms with Crippen molar-refractivity contribution in [3.63, 3.8) is 0 Å². The average molecular weight is 418 g/mol. The number of carbonyl (C=O) groups excluding carboxylic acids is 1. The SMILES string of the molecule is Cc1ccc(CN(C)C2(C)CCN(C(=O)OC(C)(C)C)CC2)c(N2CCOCC2)c1. The molecule has 0 spiro atoms. The number of hydrogen-bond acceptors (Lipinski definition) is 5. The summed E-state index contributed by atoms with van der Waals surface area (Å²) in [5.41, 5.74) is 3.60. The molecule has 0 aliphatic carbocycles. The molecule has 6 nitrogen and oxygen atoms in total. The molecule has 3 rings (SSSR count). The number of piperidine rings is 1. The highest BCUT2D eigenvalue weighted by Crippen LogP contribution is 2.32. The molecule has 0 saturated carbocycles. The summed E-state index contributed by atoms with van der Waals surface area (Å²) in [6, 6.07) is 6.79. The van der Waals surface area contributed by atoms with Crippen LogP contribution in [0.25, 0.3) is 0 Å². The van der Waals surface area contributed by atoms with E-state index in [9.17, 15) is 4.79 Å². The molecule has 2 fully saturated rings. The Bertz CT molecular complexity index is 730. The number of rotatable bonds is 4. The zero-order valence-corrected chi connectivity index (χ0v) is 19.7. The smallest absolute Gasteiger partial charge is 0.410 e. The predicted octanol–water partition coefficient (Wildman–Crippen LogP) is 4.05. The lowest BCUT2D eigenvalue weighted by molar-refractivity contribution is 0.00173.